The standard InChI is InChI=1S/C15H23NO4S/c1-5-6-11-18-21-20-15(17)16(4)13-9-7-8-10-14(13)19-12(2)3/h7-10,12H,5-6,11H2,1-4H3. The number of ether oxygens (including phenoxy) is 1. The molecule has 0 N–H and O–H groups in total. The zero-order valence-corrected chi connectivity index (χ0v) is 13.8. The van der Waals surface area contributed by atoms with E-state index in [1.54, 1.807) is 7.05 Å². The molecule has 1 aromatic rings. The Balaban J connectivity index is 2.57. The van der Waals surface area contributed by atoms with Gasteiger partial charge in [0.1, 0.15) is 5.75 Å². The quantitative estimate of drug-likeness (QED) is 0.525. The van der Waals surface area contributed by atoms with Crippen molar-refractivity contribution in [1.82, 2.24) is 0 Å². The van der Waals surface area contributed by atoms with Crippen molar-refractivity contribution in [3.63, 3.8) is 0 Å². The average molecular weight is 313 g/mol. The highest BCUT2D eigenvalue weighted by atomic mass is 32.2. The van der Waals surface area contributed by atoms with E-state index >= 15 is 0 Å². The van der Waals surface area contributed by atoms with E-state index in [1.165, 1.54) is 4.90 Å². The van der Waals surface area contributed by atoms with Gasteiger partial charge in [0.15, 0.2) is 0 Å². The molecule has 1 aromatic carbocycles. The molecule has 0 aliphatic rings. The Labute approximate surface area is 131 Å². The second-order valence-corrected chi connectivity index (χ2v) is 5.32. The van der Waals surface area contributed by atoms with E-state index in [-0.39, 0.29) is 6.10 Å². The van der Waals surface area contributed by atoms with Gasteiger partial charge in [0, 0.05) is 7.05 Å². The number of hydrogen-bond acceptors (Lipinski definition) is 5. The maximum absolute atomic E-state index is 12.0. The van der Waals surface area contributed by atoms with Gasteiger partial charge in [0.05, 0.1) is 18.4 Å². The Bertz CT molecular complexity index is 439. The summed E-state index contributed by atoms with van der Waals surface area (Å²) in [4.78, 5) is 13.4. The number of unbranched alkanes of at least 4 members (excludes halogenated alkanes) is 1. The number of benzene rings is 1. The molecule has 118 valence electrons. The number of hydrogen-bond donors (Lipinski definition) is 0. The van der Waals surface area contributed by atoms with E-state index in [2.05, 4.69) is 6.92 Å². The minimum Gasteiger partial charge on any atom is -0.489 e. The van der Waals surface area contributed by atoms with Crippen molar-refractivity contribution in [3.05, 3.63) is 24.3 Å². The van der Waals surface area contributed by atoms with Gasteiger partial charge in [0.25, 0.3) is 0 Å². The van der Waals surface area contributed by atoms with Crippen LogP contribution in [0.2, 0.25) is 0 Å². The Hall–Kier alpha value is -1.40. The fraction of sp³-hybridized carbons (Fsp3) is 0.533. The number of amides is 1. The van der Waals surface area contributed by atoms with E-state index in [0.717, 1.165) is 12.8 Å². The summed E-state index contributed by atoms with van der Waals surface area (Å²) in [5, 5.41) is 0. The largest absolute Gasteiger partial charge is 0.489 e. The molecule has 0 bridgehead atoms. The number of para-hydroxylation sites is 2. The van der Waals surface area contributed by atoms with Gasteiger partial charge in [-0.25, -0.2) is 4.79 Å². The second kappa shape index (κ2) is 9.52. The minimum absolute atomic E-state index is 0.0299. The summed E-state index contributed by atoms with van der Waals surface area (Å²) in [5.74, 6) is 0.642. The van der Waals surface area contributed by atoms with E-state index in [0.29, 0.717) is 30.4 Å². The molecule has 6 heteroatoms. The predicted molar refractivity (Wildman–Crippen MR) is 85.5 cm³/mol. The Morgan fingerprint density at radius 3 is 2.71 bits per heavy atom. The molecule has 0 heterocycles. The van der Waals surface area contributed by atoms with Gasteiger partial charge < -0.3 is 8.92 Å². The lowest BCUT2D eigenvalue weighted by molar-refractivity contribution is 0.208. The average Bonchev–Trinajstić information content (AvgIpc) is 2.46. The van der Waals surface area contributed by atoms with Crippen LogP contribution in [0.4, 0.5) is 10.5 Å². The Morgan fingerprint density at radius 2 is 2.05 bits per heavy atom. The minimum atomic E-state index is -0.503. The number of nitrogens with zero attached hydrogens (tertiary/aromatic N) is 1. The van der Waals surface area contributed by atoms with Crippen LogP contribution in [0.1, 0.15) is 33.6 Å². The van der Waals surface area contributed by atoms with Crippen molar-refractivity contribution in [2.45, 2.75) is 39.7 Å². The molecular formula is C15H23NO4S. The lowest BCUT2D eigenvalue weighted by Gasteiger charge is -2.20. The summed E-state index contributed by atoms with van der Waals surface area (Å²) < 4.78 is 15.8. The number of rotatable bonds is 8. The molecule has 0 aliphatic heterocycles. The van der Waals surface area contributed by atoms with Crippen molar-refractivity contribution in [1.29, 1.82) is 0 Å². The monoisotopic (exact) mass is 313 g/mol. The molecule has 1 amide bonds. The summed E-state index contributed by atoms with van der Waals surface area (Å²) in [7, 11) is 1.64. The molecule has 0 atom stereocenters. The smallest absolute Gasteiger partial charge is 0.428 e. The van der Waals surface area contributed by atoms with Gasteiger partial charge in [-0.05, 0) is 32.4 Å². The van der Waals surface area contributed by atoms with Crippen LogP contribution in [0.15, 0.2) is 24.3 Å². The molecule has 0 aliphatic carbocycles. The zero-order valence-electron chi connectivity index (χ0n) is 13.0. The third-order valence-electron chi connectivity index (χ3n) is 2.60. The highest BCUT2D eigenvalue weighted by Gasteiger charge is 2.17. The molecular weight excluding hydrogens is 290 g/mol. The molecule has 5 nitrogen and oxygen atoms in total. The molecule has 1 rings (SSSR count). The molecule has 0 saturated heterocycles. The van der Waals surface area contributed by atoms with E-state index in [1.807, 2.05) is 38.1 Å². The van der Waals surface area contributed by atoms with Crippen molar-refractivity contribution in [3.8, 4) is 5.75 Å². The maximum atomic E-state index is 12.0. The van der Waals surface area contributed by atoms with Gasteiger partial charge in [-0.2, -0.15) is 0 Å². The fourth-order valence-corrected chi connectivity index (χ4v) is 1.94. The lowest BCUT2D eigenvalue weighted by atomic mass is 10.2. The molecule has 0 radical (unpaired) electrons. The zero-order chi connectivity index (χ0) is 15.7. The van der Waals surface area contributed by atoms with Crippen molar-refractivity contribution in [2.24, 2.45) is 0 Å². The van der Waals surface area contributed by atoms with Crippen LogP contribution in [0.3, 0.4) is 0 Å². The first-order chi connectivity index (χ1) is 10.1. The third-order valence-corrected chi connectivity index (χ3v) is 3.07. The Morgan fingerprint density at radius 1 is 1.33 bits per heavy atom. The number of carbonyl (C=O) groups is 1. The maximum Gasteiger partial charge on any atom is 0.428 e. The first kappa shape index (κ1) is 17.7. The predicted octanol–water partition coefficient (Wildman–Crippen LogP) is 4.43. The van der Waals surface area contributed by atoms with E-state index in [9.17, 15) is 4.79 Å². The van der Waals surface area contributed by atoms with E-state index < -0.39 is 6.09 Å². The summed E-state index contributed by atoms with van der Waals surface area (Å²) in [5.41, 5.74) is 0.658. The highest BCUT2D eigenvalue weighted by Crippen LogP contribution is 2.29. The van der Waals surface area contributed by atoms with Gasteiger partial charge in [-0.15, -0.1) is 0 Å². The van der Waals surface area contributed by atoms with Crippen LogP contribution in [-0.4, -0.2) is 25.9 Å². The van der Waals surface area contributed by atoms with Gasteiger partial charge in [-0.1, -0.05) is 25.5 Å². The molecule has 0 spiro atoms. The van der Waals surface area contributed by atoms with Gasteiger partial charge in [-0.3, -0.25) is 9.08 Å². The van der Waals surface area contributed by atoms with Crippen LogP contribution >= 0.6 is 12.3 Å². The summed E-state index contributed by atoms with van der Waals surface area (Å²) in [6, 6.07) is 7.34. The first-order valence-corrected chi connectivity index (χ1v) is 7.72. The van der Waals surface area contributed by atoms with Crippen LogP contribution in [0.25, 0.3) is 0 Å². The van der Waals surface area contributed by atoms with Crippen LogP contribution in [0, 0.1) is 0 Å². The van der Waals surface area contributed by atoms with Crippen molar-refractivity contribution in [2.75, 3.05) is 18.6 Å². The summed E-state index contributed by atoms with van der Waals surface area (Å²) in [6.45, 7) is 6.50. The third kappa shape index (κ3) is 6.27. The summed E-state index contributed by atoms with van der Waals surface area (Å²) >= 11 is 0.712. The van der Waals surface area contributed by atoms with Gasteiger partial charge >= 0.3 is 6.09 Å². The first-order valence-electron chi connectivity index (χ1n) is 7.05. The fourth-order valence-electron chi connectivity index (χ4n) is 1.53. The topological polar surface area (TPSA) is 48.0 Å². The van der Waals surface area contributed by atoms with Crippen LogP contribution in [0.5, 0.6) is 5.75 Å². The molecule has 0 unspecified atom stereocenters. The lowest BCUT2D eigenvalue weighted by Crippen LogP contribution is -2.26. The van der Waals surface area contributed by atoms with Crippen LogP contribution < -0.4 is 9.64 Å². The second-order valence-electron chi connectivity index (χ2n) is 4.79. The van der Waals surface area contributed by atoms with Crippen molar-refractivity contribution < 1.29 is 17.9 Å². The van der Waals surface area contributed by atoms with Crippen LogP contribution in [-0.2, 0) is 8.37 Å². The SMILES string of the molecule is CCCCOSOC(=O)N(C)c1ccccc1OC(C)C. The van der Waals surface area contributed by atoms with E-state index in [4.69, 9.17) is 13.1 Å². The molecule has 0 fully saturated rings. The molecule has 0 aromatic heterocycles. The number of carbonyl (C=O) groups excluding carboxylic acids is 1. The Kier molecular flexibility index (Phi) is 8.00. The molecule has 21 heavy (non-hydrogen) atoms. The highest BCUT2D eigenvalue weighted by molar-refractivity contribution is 7.90. The molecule has 0 saturated carbocycles. The normalized spacial score (nSPS) is 10.5. The number of anilines is 1. The van der Waals surface area contributed by atoms with Crippen molar-refractivity contribution >= 4 is 24.1 Å². The summed E-state index contributed by atoms with van der Waals surface area (Å²) in [6.07, 6.45) is 1.50. The van der Waals surface area contributed by atoms with Gasteiger partial charge in [0.2, 0.25) is 12.3 Å².